The van der Waals surface area contributed by atoms with Crippen molar-refractivity contribution >= 4 is 17.5 Å². The average molecular weight is 316 g/mol. The van der Waals surface area contributed by atoms with Crippen molar-refractivity contribution in [2.24, 2.45) is 5.73 Å². The molecular formula is C17H24N4O2. The first-order valence-corrected chi connectivity index (χ1v) is 8.27. The summed E-state index contributed by atoms with van der Waals surface area (Å²) in [6.07, 6.45) is 2.06. The Morgan fingerprint density at radius 2 is 1.74 bits per heavy atom. The molecule has 1 saturated heterocycles. The molecule has 0 radical (unpaired) electrons. The van der Waals surface area contributed by atoms with E-state index in [-0.39, 0.29) is 18.4 Å². The Morgan fingerprint density at radius 3 is 2.48 bits per heavy atom. The van der Waals surface area contributed by atoms with E-state index in [9.17, 15) is 9.59 Å². The molecule has 0 unspecified atom stereocenters. The van der Waals surface area contributed by atoms with E-state index in [0.29, 0.717) is 19.6 Å². The number of nitrogens with zero attached hydrogens (tertiary/aromatic N) is 3. The molecule has 1 fully saturated rings. The van der Waals surface area contributed by atoms with E-state index in [1.165, 1.54) is 5.56 Å². The second kappa shape index (κ2) is 7.10. The maximum Gasteiger partial charge on any atom is 0.241 e. The van der Waals surface area contributed by atoms with Crippen LogP contribution < -0.4 is 10.6 Å². The summed E-state index contributed by atoms with van der Waals surface area (Å²) in [4.78, 5) is 30.1. The van der Waals surface area contributed by atoms with Crippen LogP contribution in [0, 0.1) is 0 Å². The third-order valence-electron chi connectivity index (χ3n) is 4.67. The average Bonchev–Trinajstić information content (AvgIpc) is 2.61. The molecule has 0 aliphatic carbocycles. The van der Waals surface area contributed by atoms with Gasteiger partial charge in [-0.2, -0.15) is 0 Å². The molecule has 2 aliphatic heterocycles. The van der Waals surface area contributed by atoms with Crippen molar-refractivity contribution in [3.63, 3.8) is 0 Å². The van der Waals surface area contributed by atoms with Crippen LogP contribution in [0.3, 0.4) is 0 Å². The highest BCUT2D eigenvalue weighted by Crippen LogP contribution is 2.26. The van der Waals surface area contributed by atoms with Crippen LogP contribution >= 0.6 is 0 Å². The molecule has 6 nitrogen and oxygen atoms in total. The lowest BCUT2D eigenvalue weighted by Crippen LogP contribution is -2.53. The maximum atomic E-state index is 12.7. The summed E-state index contributed by atoms with van der Waals surface area (Å²) in [6, 6.07) is 8.15. The molecule has 124 valence electrons. The summed E-state index contributed by atoms with van der Waals surface area (Å²) in [5, 5.41) is 0. The normalized spacial score (nSPS) is 18.7. The number of para-hydroxylation sites is 1. The number of hydrogen-bond donors (Lipinski definition) is 1. The van der Waals surface area contributed by atoms with Gasteiger partial charge in [0.05, 0.1) is 13.1 Å². The van der Waals surface area contributed by atoms with E-state index < -0.39 is 0 Å². The SMILES string of the molecule is NCC(=O)N1CCN(CC(=O)N2CCCc3ccccc32)CC1. The first-order chi connectivity index (χ1) is 11.2. The quantitative estimate of drug-likeness (QED) is 0.857. The second-order valence-electron chi connectivity index (χ2n) is 6.14. The number of carbonyl (C=O) groups excluding carboxylic acids is 2. The van der Waals surface area contributed by atoms with Gasteiger partial charge in [-0.25, -0.2) is 0 Å². The molecular weight excluding hydrogens is 292 g/mol. The van der Waals surface area contributed by atoms with E-state index in [1.807, 2.05) is 23.1 Å². The van der Waals surface area contributed by atoms with Gasteiger partial charge in [-0.3, -0.25) is 14.5 Å². The molecule has 0 aromatic heterocycles. The van der Waals surface area contributed by atoms with Crippen molar-refractivity contribution in [1.82, 2.24) is 9.80 Å². The van der Waals surface area contributed by atoms with Crippen molar-refractivity contribution in [1.29, 1.82) is 0 Å². The van der Waals surface area contributed by atoms with Crippen LogP contribution in [0.1, 0.15) is 12.0 Å². The Morgan fingerprint density at radius 1 is 1.00 bits per heavy atom. The van der Waals surface area contributed by atoms with E-state index >= 15 is 0 Å². The molecule has 2 heterocycles. The molecule has 2 N–H and O–H groups in total. The Hall–Kier alpha value is -1.92. The Bertz CT molecular complexity index is 582. The fourth-order valence-electron chi connectivity index (χ4n) is 3.35. The lowest BCUT2D eigenvalue weighted by Gasteiger charge is -2.36. The predicted molar refractivity (Wildman–Crippen MR) is 89.2 cm³/mol. The molecule has 0 atom stereocenters. The minimum Gasteiger partial charge on any atom is -0.339 e. The van der Waals surface area contributed by atoms with Gasteiger partial charge < -0.3 is 15.5 Å². The third kappa shape index (κ3) is 3.54. The molecule has 3 rings (SSSR count). The van der Waals surface area contributed by atoms with E-state index in [0.717, 1.165) is 38.2 Å². The van der Waals surface area contributed by atoms with Crippen molar-refractivity contribution in [2.75, 3.05) is 50.7 Å². The van der Waals surface area contributed by atoms with Crippen LogP contribution in [0.25, 0.3) is 0 Å². The molecule has 2 amide bonds. The monoisotopic (exact) mass is 316 g/mol. The van der Waals surface area contributed by atoms with Gasteiger partial charge in [0.25, 0.3) is 0 Å². The third-order valence-corrected chi connectivity index (χ3v) is 4.67. The number of nitrogens with two attached hydrogens (primary N) is 1. The number of carbonyl (C=O) groups is 2. The number of hydrogen-bond acceptors (Lipinski definition) is 4. The van der Waals surface area contributed by atoms with Gasteiger partial charge in [0.1, 0.15) is 0 Å². The van der Waals surface area contributed by atoms with E-state index in [4.69, 9.17) is 5.73 Å². The van der Waals surface area contributed by atoms with E-state index in [2.05, 4.69) is 11.0 Å². The summed E-state index contributed by atoms with van der Waals surface area (Å²) in [5.74, 6) is 0.136. The Balaban J connectivity index is 1.58. The van der Waals surface area contributed by atoms with Gasteiger partial charge >= 0.3 is 0 Å². The first kappa shape index (κ1) is 16.0. The smallest absolute Gasteiger partial charge is 0.241 e. The van der Waals surface area contributed by atoms with Crippen LogP contribution in [0.15, 0.2) is 24.3 Å². The summed E-state index contributed by atoms with van der Waals surface area (Å²) >= 11 is 0. The maximum absolute atomic E-state index is 12.7. The molecule has 0 spiro atoms. The standard InChI is InChI=1S/C17H24N4O2/c18-12-16(22)20-10-8-19(9-11-20)13-17(23)21-7-3-5-14-4-1-2-6-15(14)21/h1-2,4,6H,3,5,7-13,18H2. The van der Waals surface area contributed by atoms with Crippen molar-refractivity contribution in [3.8, 4) is 0 Å². The lowest BCUT2D eigenvalue weighted by atomic mass is 10.0. The van der Waals surface area contributed by atoms with Gasteiger partial charge in [0.2, 0.25) is 11.8 Å². The van der Waals surface area contributed by atoms with Crippen molar-refractivity contribution in [2.45, 2.75) is 12.8 Å². The fraction of sp³-hybridized carbons (Fsp3) is 0.529. The minimum atomic E-state index is -0.0130. The highest BCUT2D eigenvalue weighted by atomic mass is 16.2. The topological polar surface area (TPSA) is 69.9 Å². The largest absolute Gasteiger partial charge is 0.339 e. The summed E-state index contributed by atoms with van der Waals surface area (Å²) in [6.45, 7) is 4.03. The number of amides is 2. The van der Waals surface area contributed by atoms with Crippen LogP contribution in [-0.2, 0) is 16.0 Å². The zero-order valence-electron chi connectivity index (χ0n) is 13.4. The molecule has 0 bridgehead atoms. The van der Waals surface area contributed by atoms with Gasteiger partial charge in [0, 0.05) is 38.4 Å². The van der Waals surface area contributed by atoms with Gasteiger partial charge in [-0.05, 0) is 24.5 Å². The number of fused-ring (bicyclic) bond motifs is 1. The zero-order chi connectivity index (χ0) is 16.2. The minimum absolute atomic E-state index is 0.0130. The van der Waals surface area contributed by atoms with Crippen molar-refractivity contribution < 1.29 is 9.59 Å². The Labute approximate surface area is 136 Å². The Kier molecular flexibility index (Phi) is 4.93. The van der Waals surface area contributed by atoms with Crippen LogP contribution in [0.5, 0.6) is 0 Å². The molecule has 1 aromatic carbocycles. The second-order valence-corrected chi connectivity index (χ2v) is 6.14. The van der Waals surface area contributed by atoms with Crippen LogP contribution in [0.4, 0.5) is 5.69 Å². The number of benzene rings is 1. The number of piperazine rings is 1. The zero-order valence-corrected chi connectivity index (χ0v) is 13.4. The summed E-state index contributed by atoms with van der Waals surface area (Å²) in [5.41, 5.74) is 7.71. The summed E-state index contributed by atoms with van der Waals surface area (Å²) in [7, 11) is 0. The van der Waals surface area contributed by atoms with Gasteiger partial charge in [-0.1, -0.05) is 18.2 Å². The first-order valence-electron chi connectivity index (χ1n) is 8.27. The lowest BCUT2D eigenvalue weighted by molar-refractivity contribution is -0.131. The molecule has 23 heavy (non-hydrogen) atoms. The molecule has 0 saturated carbocycles. The summed E-state index contributed by atoms with van der Waals surface area (Å²) < 4.78 is 0. The van der Waals surface area contributed by atoms with Crippen molar-refractivity contribution in [3.05, 3.63) is 29.8 Å². The highest BCUT2D eigenvalue weighted by Gasteiger charge is 2.26. The van der Waals surface area contributed by atoms with Crippen LogP contribution in [-0.4, -0.2) is 67.4 Å². The molecule has 1 aromatic rings. The molecule has 2 aliphatic rings. The van der Waals surface area contributed by atoms with E-state index in [1.54, 1.807) is 4.90 Å². The number of anilines is 1. The fourth-order valence-corrected chi connectivity index (χ4v) is 3.35. The van der Waals surface area contributed by atoms with Crippen LogP contribution in [0.2, 0.25) is 0 Å². The predicted octanol–water partition coefficient (Wildman–Crippen LogP) is 0.0687. The number of rotatable bonds is 3. The highest BCUT2D eigenvalue weighted by molar-refractivity contribution is 5.96. The van der Waals surface area contributed by atoms with Gasteiger partial charge in [-0.15, -0.1) is 0 Å². The number of aryl methyl sites for hydroxylation is 1. The van der Waals surface area contributed by atoms with Gasteiger partial charge in [0.15, 0.2) is 0 Å². The molecule has 6 heteroatoms.